The second kappa shape index (κ2) is 8.52. The number of anilines is 1. The van der Waals surface area contributed by atoms with Gasteiger partial charge in [0.1, 0.15) is 0 Å². The molecule has 0 saturated heterocycles. The zero-order chi connectivity index (χ0) is 20.5. The number of amides is 1. The molecule has 3 rings (SSSR count). The highest BCUT2D eigenvalue weighted by atomic mass is 79.9. The van der Waals surface area contributed by atoms with Crippen LogP contribution in [0, 0.1) is 0 Å². The summed E-state index contributed by atoms with van der Waals surface area (Å²) in [5, 5.41) is 8.34. The van der Waals surface area contributed by atoms with Gasteiger partial charge in [-0.3, -0.25) is 4.79 Å². The highest BCUT2D eigenvalue weighted by molar-refractivity contribution is 9.11. The van der Waals surface area contributed by atoms with Crippen LogP contribution in [0.5, 0.6) is 0 Å². The highest BCUT2D eigenvalue weighted by Crippen LogP contribution is 2.41. The van der Waals surface area contributed by atoms with Gasteiger partial charge < -0.3 is 5.32 Å². The lowest BCUT2D eigenvalue weighted by atomic mass is 10.0. The van der Waals surface area contributed by atoms with Gasteiger partial charge in [-0.05, 0) is 64.0 Å². The van der Waals surface area contributed by atoms with Crippen LogP contribution in [0.4, 0.5) is 5.69 Å². The van der Waals surface area contributed by atoms with Gasteiger partial charge in [-0.1, -0.05) is 29.3 Å². The smallest absolute Gasteiger partial charge is 0.238 e. The second-order valence-corrected chi connectivity index (χ2v) is 10.8. The Hall–Kier alpha value is -1.42. The molecule has 0 aliphatic heterocycles. The molecule has 10 heteroatoms. The summed E-state index contributed by atoms with van der Waals surface area (Å²) in [7, 11) is -3.77. The lowest BCUT2D eigenvalue weighted by molar-refractivity contribution is -0.115. The number of thiophene rings is 1. The Labute approximate surface area is 184 Å². The van der Waals surface area contributed by atoms with Crippen LogP contribution < -0.4 is 10.5 Å². The summed E-state index contributed by atoms with van der Waals surface area (Å²) in [6, 6.07) is 12.8. The summed E-state index contributed by atoms with van der Waals surface area (Å²) in [6.45, 7) is 0. The summed E-state index contributed by atoms with van der Waals surface area (Å²) < 4.78 is 24.0. The third-order valence-electron chi connectivity index (χ3n) is 3.81. The van der Waals surface area contributed by atoms with Crippen molar-refractivity contribution in [3.05, 3.63) is 67.2 Å². The number of sulfonamides is 1. The number of nitrogens with two attached hydrogens (primary N) is 1. The van der Waals surface area contributed by atoms with E-state index in [4.69, 9.17) is 28.3 Å². The molecule has 28 heavy (non-hydrogen) atoms. The number of nitrogens with one attached hydrogen (secondary N) is 1. The van der Waals surface area contributed by atoms with E-state index >= 15 is 0 Å². The van der Waals surface area contributed by atoms with Crippen LogP contribution in [-0.2, 0) is 21.2 Å². The molecule has 0 aliphatic rings. The van der Waals surface area contributed by atoms with Crippen LogP contribution >= 0.6 is 50.5 Å². The number of primary sulfonamides is 1. The maximum Gasteiger partial charge on any atom is 0.238 e. The van der Waals surface area contributed by atoms with Crippen LogP contribution in [0.3, 0.4) is 0 Å². The fourth-order valence-corrected chi connectivity index (χ4v) is 5.36. The molecule has 1 heterocycles. The second-order valence-electron chi connectivity index (χ2n) is 5.85. The van der Waals surface area contributed by atoms with Crippen molar-refractivity contribution in [1.29, 1.82) is 0 Å². The van der Waals surface area contributed by atoms with Gasteiger partial charge in [-0.25, -0.2) is 13.6 Å². The molecule has 0 saturated carbocycles. The van der Waals surface area contributed by atoms with Gasteiger partial charge in [0.15, 0.2) is 0 Å². The van der Waals surface area contributed by atoms with Gasteiger partial charge in [-0.2, -0.15) is 0 Å². The van der Waals surface area contributed by atoms with Gasteiger partial charge in [0.2, 0.25) is 15.9 Å². The van der Waals surface area contributed by atoms with Gasteiger partial charge >= 0.3 is 0 Å². The van der Waals surface area contributed by atoms with Gasteiger partial charge in [0.05, 0.1) is 19.4 Å². The van der Waals surface area contributed by atoms with Crippen molar-refractivity contribution in [2.75, 3.05) is 5.32 Å². The largest absolute Gasteiger partial charge is 0.326 e. The van der Waals surface area contributed by atoms with Crippen molar-refractivity contribution < 1.29 is 13.2 Å². The van der Waals surface area contributed by atoms with E-state index in [1.807, 2.05) is 12.1 Å². The van der Waals surface area contributed by atoms with Crippen molar-refractivity contribution in [3.8, 4) is 11.1 Å². The maximum atomic E-state index is 12.4. The molecule has 0 spiro atoms. The molecule has 146 valence electrons. The Morgan fingerprint density at radius 1 is 1.07 bits per heavy atom. The zero-order valence-electron chi connectivity index (χ0n) is 14.1. The minimum absolute atomic E-state index is 0.0205. The molecule has 0 atom stereocenters. The number of hydrogen-bond acceptors (Lipinski definition) is 4. The van der Waals surface area contributed by atoms with E-state index in [0.29, 0.717) is 15.0 Å². The van der Waals surface area contributed by atoms with Crippen LogP contribution in [0.25, 0.3) is 11.1 Å². The quantitative estimate of drug-likeness (QED) is 0.478. The molecular weight excluding hydrogens is 507 g/mol. The van der Waals surface area contributed by atoms with Crippen LogP contribution in [0.15, 0.2) is 57.2 Å². The fourth-order valence-electron chi connectivity index (χ4n) is 2.53. The van der Waals surface area contributed by atoms with E-state index in [1.54, 1.807) is 12.1 Å². The topological polar surface area (TPSA) is 89.3 Å². The Morgan fingerprint density at radius 2 is 1.75 bits per heavy atom. The molecule has 2 aromatic carbocycles. The Bertz CT molecular complexity index is 1150. The molecule has 1 aromatic heterocycles. The first-order valence-electron chi connectivity index (χ1n) is 7.80. The number of hydrogen-bond donors (Lipinski definition) is 2. The monoisotopic (exact) mass is 518 g/mol. The average Bonchev–Trinajstić information content (AvgIpc) is 2.94. The lowest BCUT2D eigenvalue weighted by Gasteiger charge is -2.09. The van der Waals surface area contributed by atoms with Gasteiger partial charge in [-0.15, -0.1) is 11.3 Å². The SMILES string of the molecule is NS(=O)(=O)c1ccc(NC(=O)Cc2ccc(Cl)c(-c3cc(Cl)sc3Br)c2)cc1. The molecule has 3 N–H and O–H groups in total. The van der Waals surface area contributed by atoms with Gasteiger partial charge in [0.25, 0.3) is 0 Å². The number of carbonyl (C=O) groups is 1. The minimum atomic E-state index is -3.77. The van der Waals surface area contributed by atoms with Crippen molar-refractivity contribution >= 4 is 72.1 Å². The van der Waals surface area contributed by atoms with Crippen LogP contribution in [0.2, 0.25) is 9.36 Å². The Kier molecular flexibility index (Phi) is 6.48. The summed E-state index contributed by atoms with van der Waals surface area (Å²) in [5.74, 6) is -0.251. The summed E-state index contributed by atoms with van der Waals surface area (Å²) in [6.07, 6.45) is 0.122. The summed E-state index contributed by atoms with van der Waals surface area (Å²) in [4.78, 5) is 12.3. The van der Waals surface area contributed by atoms with Crippen molar-refractivity contribution in [2.45, 2.75) is 11.3 Å². The Morgan fingerprint density at radius 3 is 2.32 bits per heavy atom. The molecule has 3 aromatic rings. The third kappa shape index (κ3) is 5.14. The molecule has 1 amide bonds. The minimum Gasteiger partial charge on any atom is -0.326 e. The van der Waals surface area contributed by atoms with Crippen LogP contribution in [-0.4, -0.2) is 14.3 Å². The number of carbonyl (C=O) groups excluding carboxylic acids is 1. The third-order valence-corrected chi connectivity index (χ3v) is 7.03. The van der Waals surface area contributed by atoms with E-state index in [-0.39, 0.29) is 17.2 Å². The first-order valence-corrected chi connectivity index (χ1v) is 11.7. The number of benzene rings is 2. The molecule has 0 bridgehead atoms. The lowest BCUT2D eigenvalue weighted by Crippen LogP contribution is -2.15. The number of halogens is 3. The van der Waals surface area contributed by atoms with Crippen molar-refractivity contribution in [1.82, 2.24) is 0 Å². The zero-order valence-corrected chi connectivity index (χ0v) is 18.8. The number of rotatable bonds is 5. The van der Waals surface area contributed by atoms with E-state index in [1.165, 1.54) is 35.6 Å². The molecule has 0 aliphatic carbocycles. The van der Waals surface area contributed by atoms with Crippen LogP contribution in [0.1, 0.15) is 5.56 Å². The van der Waals surface area contributed by atoms with Crippen molar-refractivity contribution in [2.24, 2.45) is 5.14 Å². The van der Waals surface area contributed by atoms with E-state index in [2.05, 4.69) is 21.2 Å². The predicted molar refractivity (Wildman–Crippen MR) is 118 cm³/mol. The molecule has 0 fully saturated rings. The summed E-state index contributed by atoms with van der Waals surface area (Å²) >= 11 is 17.2. The predicted octanol–water partition coefficient (Wildman–Crippen LogP) is 5.31. The fraction of sp³-hybridized carbons (Fsp3) is 0.0556. The highest BCUT2D eigenvalue weighted by Gasteiger charge is 2.14. The standard InChI is InChI=1S/C18H13BrCl2N2O3S2/c19-18-14(9-16(21)27-18)13-7-10(1-6-15(13)20)8-17(24)23-11-2-4-12(5-3-11)28(22,25)26/h1-7,9H,8H2,(H,23,24)(H2,22,25,26). The molecule has 0 unspecified atom stereocenters. The van der Waals surface area contributed by atoms with E-state index in [0.717, 1.165) is 20.5 Å². The first-order chi connectivity index (χ1) is 13.1. The molecule has 0 radical (unpaired) electrons. The first kappa shape index (κ1) is 21.3. The maximum absolute atomic E-state index is 12.4. The van der Waals surface area contributed by atoms with Crippen molar-refractivity contribution in [3.63, 3.8) is 0 Å². The molecular formula is C18H13BrCl2N2O3S2. The normalized spacial score (nSPS) is 11.4. The van der Waals surface area contributed by atoms with E-state index in [9.17, 15) is 13.2 Å². The van der Waals surface area contributed by atoms with Gasteiger partial charge in [0, 0.05) is 21.8 Å². The molecule has 5 nitrogen and oxygen atoms in total. The van der Waals surface area contributed by atoms with E-state index < -0.39 is 10.0 Å². The average molecular weight is 520 g/mol. The summed E-state index contributed by atoms with van der Waals surface area (Å²) in [5.41, 5.74) is 2.88. The Balaban J connectivity index is 1.76.